The number of hydrogen-bond acceptors (Lipinski definition) is 7. The summed E-state index contributed by atoms with van der Waals surface area (Å²) in [6.45, 7) is 1.96. The van der Waals surface area contributed by atoms with Crippen LogP contribution in [-0.2, 0) is 11.2 Å². The molecule has 2 aromatic rings. The Morgan fingerprint density at radius 1 is 1.27 bits per heavy atom. The third-order valence-electron chi connectivity index (χ3n) is 3.84. The Hall–Kier alpha value is -3.34. The van der Waals surface area contributed by atoms with Crippen molar-refractivity contribution in [3.63, 3.8) is 0 Å². The number of nitrogens with two attached hydrogens (primary N) is 1. The number of carbonyl (C=O) groups is 2. The van der Waals surface area contributed by atoms with Gasteiger partial charge in [0.15, 0.2) is 11.6 Å². The molecule has 2 aromatic heterocycles. The molecule has 0 aromatic carbocycles. The molecule has 134 valence electrons. The van der Waals surface area contributed by atoms with Gasteiger partial charge in [-0.25, -0.2) is 15.0 Å². The normalized spacial score (nSPS) is 10.3. The summed E-state index contributed by atoms with van der Waals surface area (Å²) < 4.78 is 0. The van der Waals surface area contributed by atoms with Crippen LogP contribution in [0, 0.1) is 11.3 Å². The minimum absolute atomic E-state index is 0.0139. The number of anilines is 1. The summed E-state index contributed by atoms with van der Waals surface area (Å²) >= 11 is 0. The van der Waals surface area contributed by atoms with E-state index in [0.717, 1.165) is 6.42 Å². The number of hydrogen-bond donors (Lipinski definition) is 2. The molecule has 2 heterocycles. The lowest BCUT2D eigenvalue weighted by Gasteiger charge is -2.14. The summed E-state index contributed by atoms with van der Waals surface area (Å²) in [5.41, 5.74) is 6.75. The Balaban J connectivity index is 2.65. The molecule has 0 saturated carbocycles. The molecule has 3 N–H and O–H groups in total. The minimum Gasteiger partial charge on any atom is -0.481 e. The summed E-state index contributed by atoms with van der Waals surface area (Å²) in [5.74, 6) is -1.06. The molecular weight excluding hydrogens is 334 g/mol. The van der Waals surface area contributed by atoms with Crippen molar-refractivity contribution < 1.29 is 14.7 Å². The lowest BCUT2D eigenvalue weighted by molar-refractivity contribution is -0.136. The number of carbonyl (C=O) groups excluding carboxylic acids is 1. The van der Waals surface area contributed by atoms with Crippen LogP contribution in [0.25, 0.3) is 11.5 Å². The molecule has 0 fully saturated rings. The number of aliphatic carboxylic acids is 1. The quantitative estimate of drug-likeness (QED) is 0.688. The molecule has 0 spiro atoms. The second kappa shape index (κ2) is 8.67. The number of ketones is 1. The predicted octanol–water partition coefficient (Wildman–Crippen LogP) is 2.38. The zero-order valence-corrected chi connectivity index (χ0v) is 14.4. The Morgan fingerprint density at radius 3 is 2.54 bits per heavy atom. The number of nitriles is 1. The van der Waals surface area contributed by atoms with Gasteiger partial charge < -0.3 is 10.8 Å². The van der Waals surface area contributed by atoms with Gasteiger partial charge in [-0.15, -0.1) is 0 Å². The molecule has 0 unspecified atom stereocenters. The number of unbranched alkanes of at least 4 members (excludes halogenated alkanes) is 1. The van der Waals surface area contributed by atoms with E-state index < -0.39 is 5.97 Å². The maximum Gasteiger partial charge on any atom is 0.303 e. The summed E-state index contributed by atoms with van der Waals surface area (Å²) in [6.07, 6.45) is 4.63. The summed E-state index contributed by atoms with van der Waals surface area (Å²) in [4.78, 5) is 36.0. The highest BCUT2D eigenvalue weighted by Crippen LogP contribution is 2.30. The highest BCUT2D eigenvalue weighted by molar-refractivity contribution is 5.99. The SMILES string of the molecule is CCCCC(=O)c1nc(-c2ncccn2)c(CCC(=O)O)c(N)c1C#N. The number of carboxylic acid groups (broad SMARTS) is 1. The van der Waals surface area contributed by atoms with E-state index >= 15 is 0 Å². The van der Waals surface area contributed by atoms with E-state index in [0.29, 0.717) is 12.0 Å². The second-order valence-electron chi connectivity index (χ2n) is 5.68. The van der Waals surface area contributed by atoms with E-state index in [4.69, 9.17) is 10.8 Å². The number of carboxylic acids is 1. The third kappa shape index (κ3) is 4.19. The third-order valence-corrected chi connectivity index (χ3v) is 3.84. The molecule has 26 heavy (non-hydrogen) atoms. The number of nitrogen functional groups attached to an aromatic ring is 1. The standard InChI is InChI=1S/C18H19N5O3/c1-2-3-5-13(24)16-12(10-19)15(20)11(6-7-14(25)26)17(23-16)18-21-8-4-9-22-18/h4,8-9H,2-3,5-7H2,1H3,(H2,20,23)(H,25,26). The van der Waals surface area contributed by atoms with Gasteiger partial charge in [0, 0.05) is 30.8 Å². The van der Waals surface area contributed by atoms with Gasteiger partial charge in [0.05, 0.1) is 5.69 Å². The van der Waals surface area contributed by atoms with Crippen LogP contribution in [-0.4, -0.2) is 31.8 Å². The molecule has 0 aliphatic carbocycles. The zero-order valence-electron chi connectivity index (χ0n) is 14.4. The van der Waals surface area contributed by atoms with Gasteiger partial charge in [-0.1, -0.05) is 13.3 Å². The first-order chi connectivity index (χ1) is 12.5. The van der Waals surface area contributed by atoms with Crippen molar-refractivity contribution in [3.05, 3.63) is 35.3 Å². The Kier molecular flexibility index (Phi) is 6.33. The minimum atomic E-state index is -1.01. The molecule has 0 saturated heterocycles. The molecule has 0 atom stereocenters. The van der Waals surface area contributed by atoms with Crippen molar-refractivity contribution in [2.45, 2.75) is 39.0 Å². The summed E-state index contributed by atoms with van der Waals surface area (Å²) in [5, 5.41) is 18.4. The van der Waals surface area contributed by atoms with Crippen molar-refractivity contribution in [3.8, 4) is 17.6 Å². The van der Waals surface area contributed by atoms with Crippen LogP contribution in [0.15, 0.2) is 18.5 Å². The van der Waals surface area contributed by atoms with Gasteiger partial charge in [0.2, 0.25) is 0 Å². The van der Waals surface area contributed by atoms with Crippen LogP contribution in [0.5, 0.6) is 0 Å². The fourth-order valence-corrected chi connectivity index (χ4v) is 2.50. The zero-order chi connectivity index (χ0) is 19.1. The van der Waals surface area contributed by atoms with Crippen LogP contribution >= 0.6 is 0 Å². The van der Waals surface area contributed by atoms with Crippen molar-refractivity contribution in [1.29, 1.82) is 5.26 Å². The van der Waals surface area contributed by atoms with E-state index in [2.05, 4.69) is 15.0 Å². The number of aromatic nitrogens is 3. The number of nitrogens with zero attached hydrogens (tertiary/aromatic N) is 4. The highest BCUT2D eigenvalue weighted by atomic mass is 16.4. The molecule has 0 bridgehead atoms. The fourth-order valence-electron chi connectivity index (χ4n) is 2.50. The van der Waals surface area contributed by atoms with E-state index in [1.807, 2.05) is 13.0 Å². The largest absolute Gasteiger partial charge is 0.481 e. The average Bonchev–Trinajstić information content (AvgIpc) is 2.64. The van der Waals surface area contributed by atoms with Crippen molar-refractivity contribution in [2.75, 3.05) is 5.73 Å². The molecule has 0 aliphatic rings. The van der Waals surface area contributed by atoms with Gasteiger partial charge in [0.1, 0.15) is 23.0 Å². The molecule has 8 heteroatoms. The van der Waals surface area contributed by atoms with Gasteiger partial charge >= 0.3 is 5.97 Å². The Bertz CT molecular complexity index is 859. The lowest BCUT2D eigenvalue weighted by Crippen LogP contribution is -2.14. The summed E-state index contributed by atoms with van der Waals surface area (Å²) in [6, 6.07) is 3.56. The van der Waals surface area contributed by atoms with Gasteiger partial charge in [-0.3, -0.25) is 9.59 Å². The van der Waals surface area contributed by atoms with Crippen LogP contribution in [0.1, 0.15) is 54.2 Å². The maximum atomic E-state index is 12.5. The molecule has 8 nitrogen and oxygen atoms in total. The molecule has 0 radical (unpaired) electrons. The van der Waals surface area contributed by atoms with Gasteiger partial charge in [-0.2, -0.15) is 5.26 Å². The lowest BCUT2D eigenvalue weighted by atomic mass is 9.97. The number of pyridine rings is 1. The molecule has 0 aliphatic heterocycles. The van der Waals surface area contributed by atoms with Crippen molar-refractivity contribution in [2.24, 2.45) is 0 Å². The van der Waals surface area contributed by atoms with E-state index in [-0.39, 0.29) is 53.5 Å². The summed E-state index contributed by atoms with van der Waals surface area (Å²) in [7, 11) is 0. The van der Waals surface area contributed by atoms with Gasteiger partial charge in [-0.05, 0) is 18.9 Å². The highest BCUT2D eigenvalue weighted by Gasteiger charge is 2.24. The Labute approximate surface area is 150 Å². The van der Waals surface area contributed by atoms with Crippen LogP contribution in [0.2, 0.25) is 0 Å². The van der Waals surface area contributed by atoms with E-state index in [1.54, 1.807) is 6.07 Å². The van der Waals surface area contributed by atoms with Crippen molar-refractivity contribution >= 4 is 17.4 Å². The smallest absolute Gasteiger partial charge is 0.303 e. The first-order valence-electron chi connectivity index (χ1n) is 8.24. The van der Waals surface area contributed by atoms with E-state index in [9.17, 15) is 14.9 Å². The Morgan fingerprint density at radius 2 is 1.96 bits per heavy atom. The maximum absolute atomic E-state index is 12.5. The van der Waals surface area contributed by atoms with E-state index in [1.165, 1.54) is 12.4 Å². The molecule has 0 amide bonds. The van der Waals surface area contributed by atoms with Crippen LogP contribution in [0.4, 0.5) is 5.69 Å². The first-order valence-corrected chi connectivity index (χ1v) is 8.24. The first kappa shape index (κ1) is 19.0. The molecular formula is C18H19N5O3. The van der Waals surface area contributed by atoms with Crippen molar-refractivity contribution in [1.82, 2.24) is 15.0 Å². The fraction of sp³-hybridized carbons (Fsp3) is 0.333. The molecule has 2 rings (SSSR count). The second-order valence-corrected chi connectivity index (χ2v) is 5.68. The van der Waals surface area contributed by atoms with Gasteiger partial charge in [0.25, 0.3) is 0 Å². The monoisotopic (exact) mass is 353 g/mol. The topological polar surface area (TPSA) is 143 Å². The van der Waals surface area contributed by atoms with Crippen LogP contribution < -0.4 is 5.73 Å². The average molecular weight is 353 g/mol. The number of rotatable bonds is 8. The van der Waals surface area contributed by atoms with Crippen LogP contribution in [0.3, 0.4) is 0 Å². The number of Topliss-reactive ketones (excluding diaryl/α,β-unsaturated/α-hetero) is 1. The predicted molar refractivity (Wildman–Crippen MR) is 94.2 cm³/mol.